The summed E-state index contributed by atoms with van der Waals surface area (Å²) >= 11 is 0. The fourth-order valence-corrected chi connectivity index (χ4v) is 2.20. The van der Waals surface area contributed by atoms with Gasteiger partial charge in [-0.1, -0.05) is 30.3 Å². The summed E-state index contributed by atoms with van der Waals surface area (Å²) < 4.78 is 0. The molecule has 1 aromatic rings. The van der Waals surface area contributed by atoms with Crippen LogP contribution in [0, 0.1) is 0 Å². The smallest absolute Gasteiger partial charge is 0.155 e. The summed E-state index contributed by atoms with van der Waals surface area (Å²) in [4.78, 5) is 10.2. The highest BCUT2D eigenvalue weighted by Crippen LogP contribution is 2.19. The predicted molar refractivity (Wildman–Crippen MR) is 66.5 cm³/mol. The standard InChI is InChI=1S/C10H12.C5H6O/c1-2-6-10-8-4-3-7-9(10)5-1;6-5-3-1-2-4-5/h1-2,5-6H,3-4,7-8H2;1,3H,2,4H2. The van der Waals surface area contributed by atoms with Crippen molar-refractivity contribution in [2.24, 2.45) is 0 Å². The largest absolute Gasteiger partial charge is 0.295 e. The highest BCUT2D eigenvalue weighted by Gasteiger charge is 2.05. The van der Waals surface area contributed by atoms with Gasteiger partial charge in [-0.05, 0) is 49.3 Å². The van der Waals surface area contributed by atoms with E-state index in [1.165, 1.54) is 25.7 Å². The van der Waals surface area contributed by atoms with Crippen LogP contribution in [0.5, 0.6) is 0 Å². The van der Waals surface area contributed by atoms with E-state index < -0.39 is 0 Å². The van der Waals surface area contributed by atoms with Crippen molar-refractivity contribution >= 4 is 5.78 Å². The van der Waals surface area contributed by atoms with Crippen LogP contribution < -0.4 is 0 Å². The van der Waals surface area contributed by atoms with Crippen molar-refractivity contribution in [2.75, 3.05) is 0 Å². The molecule has 1 heteroatoms. The Morgan fingerprint density at radius 1 is 0.875 bits per heavy atom. The number of fused-ring (bicyclic) bond motifs is 1. The minimum absolute atomic E-state index is 0.273. The van der Waals surface area contributed by atoms with Crippen LogP contribution in [-0.2, 0) is 17.6 Å². The zero-order chi connectivity index (χ0) is 11.2. The Hall–Kier alpha value is -1.37. The quantitative estimate of drug-likeness (QED) is 0.646. The van der Waals surface area contributed by atoms with Gasteiger partial charge in [0.05, 0.1) is 0 Å². The molecule has 0 fully saturated rings. The van der Waals surface area contributed by atoms with Gasteiger partial charge in [-0.25, -0.2) is 0 Å². The van der Waals surface area contributed by atoms with E-state index in [-0.39, 0.29) is 5.78 Å². The van der Waals surface area contributed by atoms with Crippen molar-refractivity contribution in [3.63, 3.8) is 0 Å². The lowest BCUT2D eigenvalue weighted by molar-refractivity contribution is -0.114. The van der Waals surface area contributed by atoms with Crippen LogP contribution in [0.25, 0.3) is 0 Å². The van der Waals surface area contributed by atoms with E-state index in [0.717, 1.165) is 12.8 Å². The maximum Gasteiger partial charge on any atom is 0.155 e. The second kappa shape index (κ2) is 5.64. The van der Waals surface area contributed by atoms with Crippen molar-refractivity contribution in [2.45, 2.75) is 38.5 Å². The van der Waals surface area contributed by atoms with Crippen LogP contribution in [0.1, 0.15) is 36.8 Å². The van der Waals surface area contributed by atoms with E-state index >= 15 is 0 Å². The minimum atomic E-state index is 0.273. The molecule has 16 heavy (non-hydrogen) atoms. The fourth-order valence-electron chi connectivity index (χ4n) is 2.20. The predicted octanol–water partition coefficient (Wildman–Crippen LogP) is 3.47. The van der Waals surface area contributed by atoms with Crippen molar-refractivity contribution in [3.8, 4) is 0 Å². The van der Waals surface area contributed by atoms with Gasteiger partial charge in [0.25, 0.3) is 0 Å². The van der Waals surface area contributed by atoms with Crippen molar-refractivity contribution in [1.82, 2.24) is 0 Å². The van der Waals surface area contributed by atoms with Crippen LogP contribution in [-0.4, -0.2) is 5.78 Å². The molecule has 0 amide bonds. The van der Waals surface area contributed by atoms with Crippen LogP contribution in [0.3, 0.4) is 0 Å². The van der Waals surface area contributed by atoms with Crippen LogP contribution in [0.4, 0.5) is 0 Å². The van der Waals surface area contributed by atoms with Crippen molar-refractivity contribution in [3.05, 3.63) is 47.5 Å². The number of allylic oxidation sites excluding steroid dienone is 2. The molecule has 2 aliphatic carbocycles. The molecule has 0 spiro atoms. The first-order valence-corrected chi connectivity index (χ1v) is 6.12. The summed E-state index contributed by atoms with van der Waals surface area (Å²) in [6, 6.07) is 8.80. The van der Waals surface area contributed by atoms with Gasteiger partial charge in [0, 0.05) is 6.42 Å². The number of carbonyl (C=O) groups is 1. The lowest BCUT2D eigenvalue weighted by Crippen LogP contribution is -2.00. The van der Waals surface area contributed by atoms with E-state index in [0.29, 0.717) is 0 Å². The lowest BCUT2D eigenvalue weighted by atomic mass is 9.92. The van der Waals surface area contributed by atoms with Gasteiger partial charge in [0.1, 0.15) is 0 Å². The van der Waals surface area contributed by atoms with E-state index in [1.54, 1.807) is 17.2 Å². The third kappa shape index (κ3) is 3.06. The molecule has 0 unspecified atom stereocenters. The Balaban J connectivity index is 0.000000138. The summed E-state index contributed by atoms with van der Waals surface area (Å²) in [7, 11) is 0. The minimum Gasteiger partial charge on any atom is -0.295 e. The zero-order valence-corrected chi connectivity index (χ0v) is 9.61. The molecule has 0 bridgehead atoms. The number of aryl methyl sites for hydroxylation is 2. The number of rotatable bonds is 0. The second-order valence-electron chi connectivity index (χ2n) is 4.38. The topological polar surface area (TPSA) is 17.1 Å². The number of benzene rings is 1. The normalized spacial score (nSPS) is 17.6. The molecule has 0 heterocycles. The van der Waals surface area contributed by atoms with Crippen LogP contribution in [0.15, 0.2) is 36.4 Å². The van der Waals surface area contributed by atoms with Gasteiger partial charge in [0.15, 0.2) is 5.78 Å². The molecule has 3 rings (SSSR count). The lowest BCUT2D eigenvalue weighted by Gasteiger charge is -2.13. The van der Waals surface area contributed by atoms with Gasteiger partial charge >= 0.3 is 0 Å². The Morgan fingerprint density at radius 2 is 1.50 bits per heavy atom. The highest BCUT2D eigenvalue weighted by molar-refractivity contribution is 5.91. The molecule has 0 saturated carbocycles. The average Bonchev–Trinajstić information content (AvgIpc) is 2.81. The molecular formula is C15H18O. The molecule has 2 aliphatic rings. The third-order valence-corrected chi connectivity index (χ3v) is 3.12. The van der Waals surface area contributed by atoms with E-state index in [9.17, 15) is 4.79 Å². The van der Waals surface area contributed by atoms with Gasteiger partial charge in [0.2, 0.25) is 0 Å². The number of hydrogen-bond acceptors (Lipinski definition) is 1. The monoisotopic (exact) mass is 214 g/mol. The van der Waals surface area contributed by atoms with Crippen molar-refractivity contribution < 1.29 is 4.79 Å². The van der Waals surface area contributed by atoms with E-state index in [1.807, 2.05) is 6.08 Å². The SMILES string of the molecule is O=C1C=CCC1.c1ccc2c(c1)CCCC2. The molecule has 1 nitrogen and oxygen atoms in total. The molecule has 0 saturated heterocycles. The summed E-state index contributed by atoms with van der Waals surface area (Å²) in [5.74, 6) is 0.273. The summed E-state index contributed by atoms with van der Waals surface area (Å²) in [5.41, 5.74) is 3.16. The van der Waals surface area contributed by atoms with Gasteiger partial charge in [-0.15, -0.1) is 0 Å². The first-order chi connectivity index (χ1) is 7.86. The molecule has 0 aromatic heterocycles. The molecule has 0 radical (unpaired) electrons. The Kier molecular flexibility index (Phi) is 3.92. The molecule has 0 N–H and O–H groups in total. The molecule has 0 aliphatic heterocycles. The first-order valence-electron chi connectivity index (χ1n) is 6.12. The Labute approximate surface area is 97.2 Å². The summed E-state index contributed by atoms with van der Waals surface area (Å²) in [6.45, 7) is 0. The maximum absolute atomic E-state index is 10.2. The van der Waals surface area contributed by atoms with E-state index in [2.05, 4.69) is 24.3 Å². The molecule has 84 valence electrons. The molecule has 0 atom stereocenters. The van der Waals surface area contributed by atoms with Crippen LogP contribution >= 0.6 is 0 Å². The number of hydrogen-bond donors (Lipinski definition) is 0. The zero-order valence-electron chi connectivity index (χ0n) is 9.61. The maximum atomic E-state index is 10.2. The Bertz CT molecular complexity index is 365. The second-order valence-corrected chi connectivity index (χ2v) is 4.38. The number of ketones is 1. The first kappa shape index (κ1) is 11.1. The fraction of sp³-hybridized carbons (Fsp3) is 0.400. The van der Waals surface area contributed by atoms with Gasteiger partial charge in [-0.2, -0.15) is 0 Å². The number of carbonyl (C=O) groups excluding carboxylic acids is 1. The average molecular weight is 214 g/mol. The van der Waals surface area contributed by atoms with Gasteiger partial charge in [-0.3, -0.25) is 4.79 Å². The summed E-state index contributed by atoms with van der Waals surface area (Å²) in [5, 5.41) is 0. The molecular weight excluding hydrogens is 196 g/mol. The van der Waals surface area contributed by atoms with Crippen molar-refractivity contribution in [1.29, 1.82) is 0 Å². The third-order valence-electron chi connectivity index (χ3n) is 3.12. The van der Waals surface area contributed by atoms with Crippen LogP contribution in [0.2, 0.25) is 0 Å². The van der Waals surface area contributed by atoms with Gasteiger partial charge < -0.3 is 0 Å². The summed E-state index contributed by atoms with van der Waals surface area (Å²) in [6.07, 6.45) is 10.6. The van der Waals surface area contributed by atoms with E-state index in [4.69, 9.17) is 0 Å². The highest BCUT2D eigenvalue weighted by atomic mass is 16.1. The molecule has 1 aromatic carbocycles. The Morgan fingerprint density at radius 3 is 1.88 bits per heavy atom.